The van der Waals surface area contributed by atoms with Crippen LogP contribution in [0.25, 0.3) is 0 Å². The topological polar surface area (TPSA) is 87.4 Å². The number of hydrogen-bond donors (Lipinski definition) is 2. The summed E-state index contributed by atoms with van der Waals surface area (Å²) < 4.78 is 1.67. The van der Waals surface area contributed by atoms with Crippen molar-refractivity contribution in [2.45, 2.75) is 19.5 Å². The lowest BCUT2D eigenvalue weighted by atomic mass is 10.1. The number of rotatable bonds is 6. The minimum Gasteiger partial charge on any atom is -0.350 e. The number of nitrogens with one attached hydrogen (secondary N) is 2. The molecule has 142 valence electrons. The van der Waals surface area contributed by atoms with E-state index in [1.807, 2.05) is 44.3 Å². The summed E-state index contributed by atoms with van der Waals surface area (Å²) in [5.41, 5.74) is 1.13. The highest BCUT2D eigenvalue weighted by atomic mass is 127. The summed E-state index contributed by atoms with van der Waals surface area (Å²) in [4.78, 5) is 22.1. The third-order valence-electron chi connectivity index (χ3n) is 3.74. The van der Waals surface area contributed by atoms with Crippen LogP contribution in [0.4, 0.5) is 0 Å². The van der Waals surface area contributed by atoms with Gasteiger partial charge in [-0.3, -0.25) is 9.48 Å². The number of amides is 1. The van der Waals surface area contributed by atoms with Gasteiger partial charge in [0.15, 0.2) is 5.96 Å². The molecule has 0 saturated heterocycles. The third-order valence-corrected chi connectivity index (χ3v) is 3.74. The quantitative estimate of drug-likeness (QED) is 0.377. The van der Waals surface area contributed by atoms with Crippen molar-refractivity contribution in [2.24, 2.45) is 12.0 Å². The van der Waals surface area contributed by atoms with Crippen LogP contribution in [0.2, 0.25) is 0 Å². The fourth-order valence-electron chi connectivity index (χ4n) is 2.11. The molecule has 2 rings (SSSR count). The Morgan fingerprint density at radius 3 is 2.58 bits per heavy atom. The zero-order valence-electron chi connectivity index (χ0n) is 15.5. The number of hydrogen-bond acceptors (Lipinski definition) is 4. The zero-order valence-corrected chi connectivity index (χ0v) is 17.8. The van der Waals surface area contributed by atoms with Gasteiger partial charge in [0.05, 0.1) is 12.6 Å². The van der Waals surface area contributed by atoms with Gasteiger partial charge >= 0.3 is 0 Å². The Morgan fingerprint density at radius 1 is 1.31 bits per heavy atom. The Morgan fingerprint density at radius 2 is 2.00 bits per heavy atom. The van der Waals surface area contributed by atoms with Crippen LogP contribution in [-0.4, -0.2) is 52.2 Å². The maximum Gasteiger partial charge on any atom is 0.241 e. The molecule has 0 bridgehead atoms. The van der Waals surface area contributed by atoms with E-state index in [9.17, 15) is 4.79 Å². The molecule has 1 aromatic carbocycles. The number of aryl methyl sites for hydroxylation is 1. The number of halogens is 1. The third kappa shape index (κ3) is 6.62. The van der Waals surface area contributed by atoms with Crippen LogP contribution in [0, 0.1) is 0 Å². The number of guanidine groups is 1. The van der Waals surface area contributed by atoms with E-state index in [0.717, 1.165) is 11.4 Å². The molecule has 1 heterocycles. The highest BCUT2D eigenvalue weighted by molar-refractivity contribution is 14.0. The van der Waals surface area contributed by atoms with Gasteiger partial charge in [0, 0.05) is 21.1 Å². The number of benzene rings is 1. The van der Waals surface area contributed by atoms with Gasteiger partial charge in [-0.1, -0.05) is 30.3 Å². The molecule has 2 aromatic rings. The molecule has 9 heteroatoms. The van der Waals surface area contributed by atoms with Gasteiger partial charge in [0.2, 0.25) is 5.91 Å². The van der Waals surface area contributed by atoms with Crippen molar-refractivity contribution in [1.29, 1.82) is 0 Å². The second-order valence-electron chi connectivity index (χ2n) is 5.88. The lowest BCUT2D eigenvalue weighted by Gasteiger charge is -2.19. The largest absolute Gasteiger partial charge is 0.350 e. The van der Waals surface area contributed by atoms with E-state index in [1.54, 1.807) is 18.8 Å². The normalized spacial score (nSPS) is 12.1. The number of aromatic nitrogens is 3. The second-order valence-corrected chi connectivity index (χ2v) is 5.88. The lowest BCUT2D eigenvalue weighted by Crippen LogP contribution is -2.43. The van der Waals surface area contributed by atoms with Crippen LogP contribution in [-0.2, 0) is 18.4 Å². The van der Waals surface area contributed by atoms with Gasteiger partial charge in [0.25, 0.3) is 0 Å². The van der Waals surface area contributed by atoms with E-state index >= 15 is 0 Å². The van der Waals surface area contributed by atoms with Crippen LogP contribution in [0.1, 0.15) is 24.4 Å². The van der Waals surface area contributed by atoms with E-state index in [-0.39, 0.29) is 42.5 Å². The zero-order chi connectivity index (χ0) is 18.2. The van der Waals surface area contributed by atoms with Crippen LogP contribution < -0.4 is 10.6 Å². The first-order chi connectivity index (χ1) is 12.0. The molecular weight excluding hydrogens is 445 g/mol. The van der Waals surface area contributed by atoms with E-state index in [4.69, 9.17) is 0 Å². The summed E-state index contributed by atoms with van der Waals surface area (Å²) >= 11 is 0. The molecule has 0 aliphatic carbocycles. The molecular formula is C17H26IN7O. The number of nitrogens with zero attached hydrogens (tertiary/aromatic N) is 5. The summed E-state index contributed by atoms with van der Waals surface area (Å²) in [5, 5.41) is 10.4. The summed E-state index contributed by atoms with van der Waals surface area (Å²) in [6, 6.07) is 10.1. The Labute approximate surface area is 171 Å². The molecule has 0 aliphatic heterocycles. The van der Waals surface area contributed by atoms with Gasteiger partial charge in [0.1, 0.15) is 18.7 Å². The van der Waals surface area contributed by atoms with Crippen LogP contribution >= 0.6 is 24.0 Å². The molecule has 0 aliphatic rings. The van der Waals surface area contributed by atoms with Crippen LogP contribution in [0.5, 0.6) is 0 Å². The van der Waals surface area contributed by atoms with E-state index in [0.29, 0.717) is 12.5 Å². The number of carbonyl (C=O) groups is 1. The summed E-state index contributed by atoms with van der Waals surface area (Å²) in [7, 11) is 5.27. The average molecular weight is 471 g/mol. The monoisotopic (exact) mass is 471 g/mol. The molecule has 26 heavy (non-hydrogen) atoms. The Hall–Kier alpha value is -2.17. The first-order valence-corrected chi connectivity index (χ1v) is 8.10. The van der Waals surface area contributed by atoms with Crippen LogP contribution in [0.15, 0.2) is 41.7 Å². The van der Waals surface area contributed by atoms with E-state index in [1.165, 1.54) is 11.2 Å². The van der Waals surface area contributed by atoms with Gasteiger partial charge < -0.3 is 15.5 Å². The van der Waals surface area contributed by atoms with Crippen molar-refractivity contribution in [3.63, 3.8) is 0 Å². The minimum absolute atomic E-state index is 0. The predicted octanol–water partition coefficient (Wildman–Crippen LogP) is 1.32. The molecule has 1 aromatic heterocycles. The Balaban J connectivity index is 0.00000338. The standard InChI is InChI=1S/C17H25N7O.HI/c1-13(14-8-6-5-7-9-14)22-17(19-11-16(25)23(2)3)18-10-15-20-12-21-24(15)4;/h5-9,12-13H,10-11H2,1-4H3,(H2,18,19,22);1H. The fraction of sp³-hybridized carbons (Fsp3) is 0.412. The summed E-state index contributed by atoms with van der Waals surface area (Å²) in [6.07, 6.45) is 1.49. The van der Waals surface area contributed by atoms with Crippen molar-refractivity contribution in [1.82, 2.24) is 30.3 Å². The van der Waals surface area contributed by atoms with Gasteiger partial charge in [-0.15, -0.1) is 24.0 Å². The van der Waals surface area contributed by atoms with Crippen molar-refractivity contribution in [3.05, 3.63) is 48.0 Å². The van der Waals surface area contributed by atoms with Crippen molar-refractivity contribution in [3.8, 4) is 0 Å². The SMILES string of the molecule is CC(NC(=NCc1ncnn1C)NCC(=O)N(C)C)c1ccccc1.I. The maximum atomic E-state index is 11.8. The summed E-state index contributed by atoms with van der Waals surface area (Å²) in [5.74, 6) is 1.27. The number of carbonyl (C=O) groups excluding carboxylic acids is 1. The van der Waals surface area contributed by atoms with E-state index in [2.05, 4.69) is 25.7 Å². The van der Waals surface area contributed by atoms with Gasteiger partial charge in [-0.2, -0.15) is 5.10 Å². The van der Waals surface area contributed by atoms with Crippen molar-refractivity contribution < 1.29 is 4.79 Å². The van der Waals surface area contributed by atoms with Crippen LogP contribution in [0.3, 0.4) is 0 Å². The Bertz CT molecular complexity index is 715. The molecule has 2 N–H and O–H groups in total. The van der Waals surface area contributed by atoms with Crippen molar-refractivity contribution in [2.75, 3.05) is 20.6 Å². The molecule has 0 fully saturated rings. The highest BCUT2D eigenvalue weighted by Crippen LogP contribution is 2.10. The van der Waals surface area contributed by atoms with Gasteiger partial charge in [-0.05, 0) is 12.5 Å². The molecule has 0 saturated carbocycles. The molecule has 1 atom stereocenters. The van der Waals surface area contributed by atoms with Gasteiger partial charge in [-0.25, -0.2) is 9.98 Å². The first kappa shape index (κ1) is 21.9. The number of aliphatic imine (C=N–C) groups is 1. The summed E-state index contributed by atoms with van der Waals surface area (Å²) in [6.45, 7) is 2.57. The minimum atomic E-state index is -0.0273. The number of likely N-dealkylation sites (N-methyl/N-ethyl adjacent to an activating group) is 1. The predicted molar refractivity (Wildman–Crippen MR) is 112 cm³/mol. The fourth-order valence-corrected chi connectivity index (χ4v) is 2.11. The molecule has 1 unspecified atom stereocenters. The second kappa shape index (κ2) is 10.7. The molecule has 1 amide bonds. The average Bonchev–Trinajstić information content (AvgIpc) is 3.02. The van der Waals surface area contributed by atoms with Crippen molar-refractivity contribution >= 4 is 35.8 Å². The lowest BCUT2D eigenvalue weighted by molar-refractivity contribution is -0.127. The molecule has 8 nitrogen and oxygen atoms in total. The first-order valence-electron chi connectivity index (χ1n) is 8.10. The highest BCUT2D eigenvalue weighted by Gasteiger charge is 2.11. The van der Waals surface area contributed by atoms with E-state index < -0.39 is 0 Å². The molecule has 0 spiro atoms. The smallest absolute Gasteiger partial charge is 0.241 e. The maximum absolute atomic E-state index is 11.8. The molecule has 0 radical (unpaired) electrons. The Kier molecular flexibility index (Phi) is 9.03.